The Morgan fingerprint density at radius 3 is 2.55 bits per heavy atom. The summed E-state index contributed by atoms with van der Waals surface area (Å²) in [5.74, 6) is -0.753. The van der Waals surface area contributed by atoms with E-state index in [1.165, 1.54) is 11.3 Å². The van der Waals surface area contributed by atoms with E-state index >= 15 is 0 Å². The van der Waals surface area contributed by atoms with Gasteiger partial charge in [0.15, 0.2) is 0 Å². The van der Waals surface area contributed by atoms with Crippen LogP contribution < -0.4 is 10.6 Å². The maximum absolute atomic E-state index is 12.9. The molecule has 144 valence electrons. The molecule has 0 bridgehead atoms. The van der Waals surface area contributed by atoms with Crippen molar-refractivity contribution in [1.82, 2.24) is 4.98 Å². The number of hydrogen-bond acceptors (Lipinski definition) is 4. The van der Waals surface area contributed by atoms with E-state index in [1.807, 2.05) is 0 Å². The fourth-order valence-corrected chi connectivity index (χ4v) is 4.48. The van der Waals surface area contributed by atoms with Gasteiger partial charge < -0.3 is 10.6 Å². The molecule has 4 aromatic rings. The van der Waals surface area contributed by atoms with Crippen molar-refractivity contribution >= 4 is 67.8 Å². The summed E-state index contributed by atoms with van der Waals surface area (Å²) in [5, 5.41) is 7.23. The van der Waals surface area contributed by atoms with Crippen LogP contribution in [0.25, 0.3) is 10.1 Å². The van der Waals surface area contributed by atoms with Crippen LogP contribution >= 0.6 is 34.5 Å². The molecule has 2 aromatic carbocycles. The highest BCUT2D eigenvalue weighted by atomic mass is 35.5. The van der Waals surface area contributed by atoms with Crippen molar-refractivity contribution in [2.75, 3.05) is 10.6 Å². The molecule has 0 spiro atoms. The number of rotatable bonds is 4. The second-order valence-electron chi connectivity index (χ2n) is 6.08. The van der Waals surface area contributed by atoms with E-state index in [0.29, 0.717) is 31.9 Å². The lowest BCUT2D eigenvalue weighted by molar-refractivity contribution is 0.102. The van der Waals surface area contributed by atoms with Gasteiger partial charge in [-0.3, -0.25) is 14.6 Å². The standard InChI is InChI=1S/C21H13Cl2N3O2S/c22-12-7-8-15-17(10-12)29-19(18(15)23)21(28)26-16-6-2-1-5-14(16)20(27)25-13-4-3-9-24-11-13/h1-11H,(H,25,27)(H,26,28). The SMILES string of the molecule is O=C(Nc1cccnc1)c1ccccc1NC(=O)c1sc2cc(Cl)ccc2c1Cl. The van der Waals surface area contributed by atoms with Crippen LogP contribution in [-0.2, 0) is 0 Å². The van der Waals surface area contributed by atoms with Crippen LogP contribution in [0, 0.1) is 0 Å². The number of benzene rings is 2. The summed E-state index contributed by atoms with van der Waals surface area (Å²) >= 11 is 13.7. The van der Waals surface area contributed by atoms with Crippen molar-refractivity contribution in [2.45, 2.75) is 0 Å². The van der Waals surface area contributed by atoms with Crippen LogP contribution in [0.2, 0.25) is 10.0 Å². The molecule has 2 heterocycles. The summed E-state index contributed by atoms with van der Waals surface area (Å²) in [5.41, 5.74) is 1.26. The number of nitrogens with one attached hydrogen (secondary N) is 2. The average molecular weight is 442 g/mol. The number of anilines is 2. The number of pyridine rings is 1. The summed E-state index contributed by atoms with van der Waals surface area (Å²) in [6.45, 7) is 0. The van der Waals surface area contributed by atoms with Gasteiger partial charge in [-0.2, -0.15) is 0 Å². The molecule has 5 nitrogen and oxygen atoms in total. The minimum absolute atomic E-state index is 0.324. The highest BCUT2D eigenvalue weighted by Gasteiger charge is 2.20. The third-order valence-corrected chi connectivity index (χ3v) is 6.03. The van der Waals surface area contributed by atoms with E-state index in [9.17, 15) is 9.59 Å². The zero-order valence-electron chi connectivity index (χ0n) is 14.8. The normalized spacial score (nSPS) is 10.7. The van der Waals surface area contributed by atoms with Gasteiger partial charge in [-0.1, -0.05) is 41.4 Å². The second kappa shape index (κ2) is 8.21. The zero-order valence-corrected chi connectivity index (χ0v) is 17.1. The molecule has 0 aliphatic rings. The van der Waals surface area contributed by atoms with Crippen molar-refractivity contribution in [3.05, 3.63) is 87.5 Å². The summed E-state index contributed by atoms with van der Waals surface area (Å²) in [6, 6.07) is 15.5. The lowest BCUT2D eigenvalue weighted by Gasteiger charge is -2.11. The second-order valence-corrected chi connectivity index (χ2v) is 7.95. The number of hydrogen-bond donors (Lipinski definition) is 2. The zero-order chi connectivity index (χ0) is 20.4. The molecular formula is C21H13Cl2N3O2S. The third-order valence-electron chi connectivity index (χ3n) is 4.14. The van der Waals surface area contributed by atoms with Gasteiger partial charge in [0, 0.05) is 21.3 Å². The van der Waals surface area contributed by atoms with Crippen LogP contribution in [0.3, 0.4) is 0 Å². The Kier molecular flexibility index (Phi) is 5.49. The fourth-order valence-electron chi connectivity index (χ4n) is 2.79. The van der Waals surface area contributed by atoms with Crippen molar-refractivity contribution in [3.63, 3.8) is 0 Å². The largest absolute Gasteiger partial charge is 0.321 e. The van der Waals surface area contributed by atoms with E-state index in [4.69, 9.17) is 23.2 Å². The summed E-state index contributed by atoms with van der Waals surface area (Å²) in [4.78, 5) is 29.9. The van der Waals surface area contributed by atoms with Crippen LogP contribution in [0.15, 0.2) is 67.0 Å². The molecule has 0 saturated heterocycles. The number of carbonyl (C=O) groups is 2. The van der Waals surface area contributed by atoms with E-state index in [-0.39, 0.29) is 5.91 Å². The molecule has 2 amide bonds. The molecule has 0 radical (unpaired) electrons. The predicted molar refractivity (Wildman–Crippen MR) is 118 cm³/mol. The van der Waals surface area contributed by atoms with Crippen molar-refractivity contribution in [1.29, 1.82) is 0 Å². The van der Waals surface area contributed by atoms with Gasteiger partial charge in [-0.05, 0) is 36.4 Å². The Balaban J connectivity index is 1.61. The van der Waals surface area contributed by atoms with E-state index in [2.05, 4.69) is 15.6 Å². The highest BCUT2D eigenvalue weighted by molar-refractivity contribution is 7.21. The van der Waals surface area contributed by atoms with Gasteiger partial charge in [0.25, 0.3) is 11.8 Å². The van der Waals surface area contributed by atoms with Crippen molar-refractivity contribution in [2.24, 2.45) is 0 Å². The molecule has 0 fully saturated rings. The lowest BCUT2D eigenvalue weighted by Crippen LogP contribution is -2.18. The molecule has 2 N–H and O–H groups in total. The molecule has 8 heteroatoms. The van der Waals surface area contributed by atoms with Gasteiger partial charge >= 0.3 is 0 Å². The molecule has 0 aliphatic heterocycles. The van der Waals surface area contributed by atoms with Crippen LogP contribution in [0.4, 0.5) is 11.4 Å². The minimum Gasteiger partial charge on any atom is -0.321 e. The first kappa shape index (κ1) is 19.4. The number of carbonyl (C=O) groups excluding carboxylic acids is 2. The highest BCUT2D eigenvalue weighted by Crippen LogP contribution is 2.37. The topological polar surface area (TPSA) is 71.1 Å². The summed E-state index contributed by atoms with van der Waals surface area (Å²) < 4.78 is 0.815. The molecule has 0 saturated carbocycles. The van der Waals surface area contributed by atoms with Gasteiger partial charge in [0.2, 0.25) is 0 Å². The Morgan fingerprint density at radius 2 is 1.76 bits per heavy atom. The Morgan fingerprint density at radius 1 is 0.931 bits per heavy atom. The van der Waals surface area contributed by atoms with Gasteiger partial charge in [0.05, 0.1) is 28.2 Å². The smallest absolute Gasteiger partial charge is 0.267 e. The molecule has 29 heavy (non-hydrogen) atoms. The van der Waals surface area contributed by atoms with Crippen LogP contribution in [0.5, 0.6) is 0 Å². The molecule has 2 aromatic heterocycles. The van der Waals surface area contributed by atoms with E-state index in [0.717, 1.165) is 10.1 Å². The Labute approximate surface area is 180 Å². The summed E-state index contributed by atoms with van der Waals surface area (Å²) in [6.07, 6.45) is 3.16. The number of nitrogens with zero attached hydrogens (tertiary/aromatic N) is 1. The summed E-state index contributed by atoms with van der Waals surface area (Å²) in [7, 11) is 0. The predicted octanol–water partition coefficient (Wildman–Crippen LogP) is 6.11. The minimum atomic E-state index is -0.394. The molecule has 0 atom stereocenters. The van der Waals surface area contributed by atoms with Crippen LogP contribution in [-0.4, -0.2) is 16.8 Å². The number of para-hydroxylation sites is 1. The van der Waals surface area contributed by atoms with Gasteiger partial charge in [-0.25, -0.2) is 0 Å². The maximum Gasteiger partial charge on any atom is 0.267 e. The third kappa shape index (κ3) is 4.10. The first-order valence-corrected chi connectivity index (χ1v) is 10.1. The van der Waals surface area contributed by atoms with Crippen molar-refractivity contribution < 1.29 is 9.59 Å². The van der Waals surface area contributed by atoms with E-state index < -0.39 is 5.91 Å². The number of fused-ring (bicyclic) bond motifs is 1. The number of amides is 2. The molecule has 0 aliphatic carbocycles. The fraction of sp³-hybridized carbons (Fsp3) is 0. The quantitative estimate of drug-likeness (QED) is 0.401. The first-order chi connectivity index (χ1) is 14.0. The average Bonchev–Trinajstić information content (AvgIpc) is 3.05. The Bertz CT molecular complexity index is 1230. The van der Waals surface area contributed by atoms with Gasteiger partial charge in [-0.15, -0.1) is 11.3 Å². The lowest BCUT2D eigenvalue weighted by atomic mass is 10.1. The van der Waals surface area contributed by atoms with Crippen LogP contribution in [0.1, 0.15) is 20.0 Å². The van der Waals surface area contributed by atoms with E-state index in [1.54, 1.807) is 67.0 Å². The van der Waals surface area contributed by atoms with Crippen molar-refractivity contribution in [3.8, 4) is 0 Å². The number of thiophene rings is 1. The maximum atomic E-state index is 12.9. The number of halogens is 2. The number of aromatic nitrogens is 1. The molecular weight excluding hydrogens is 429 g/mol. The molecule has 4 rings (SSSR count). The Hall–Kier alpha value is -2.93. The monoisotopic (exact) mass is 441 g/mol. The van der Waals surface area contributed by atoms with Gasteiger partial charge in [0.1, 0.15) is 4.88 Å². The molecule has 0 unspecified atom stereocenters. The first-order valence-electron chi connectivity index (χ1n) is 8.52.